The zero-order chi connectivity index (χ0) is 21.7. The molecule has 1 aromatic carbocycles. The van der Waals surface area contributed by atoms with Crippen LogP contribution >= 0.6 is 12.2 Å². The van der Waals surface area contributed by atoms with E-state index in [1.54, 1.807) is 37.3 Å². The van der Waals surface area contributed by atoms with Gasteiger partial charge in [-0.1, -0.05) is 0 Å². The highest BCUT2D eigenvalue weighted by Gasteiger charge is 2.23. The van der Waals surface area contributed by atoms with Crippen LogP contribution in [-0.4, -0.2) is 84.2 Å². The third-order valence-electron chi connectivity index (χ3n) is 5.22. The number of nitrogens with one attached hydrogen (secondary N) is 2. The maximum absolute atomic E-state index is 12.9. The lowest BCUT2D eigenvalue weighted by atomic mass is 10.1. The molecule has 0 saturated carbocycles. The summed E-state index contributed by atoms with van der Waals surface area (Å²) in [5.41, 5.74) is 0.866. The number of H-pyrrole nitrogens is 1. The Morgan fingerprint density at radius 3 is 2.67 bits per heavy atom. The summed E-state index contributed by atoms with van der Waals surface area (Å²) in [4.78, 5) is 44.0. The highest BCUT2D eigenvalue weighted by atomic mass is 32.1. The number of aromatic amines is 1. The molecule has 0 atom stereocenters. The van der Waals surface area contributed by atoms with E-state index in [9.17, 15) is 14.4 Å². The summed E-state index contributed by atoms with van der Waals surface area (Å²) >= 11 is 5.16. The van der Waals surface area contributed by atoms with Crippen molar-refractivity contribution < 1.29 is 14.3 Å². The van der Waals surface area contributed by atoms with Crippen LogP contribution in [0, 0.1) is 4.77 Å². The number of rotatable bonds is 7. The third kappa shape index (κ3) is 5.13. The molecule has 0 spiro atoms. The second kappa shape index (κ2) is 9.96. The van der Waals surface area contributed by atoms with Gasteiger partial charge < -0.3 is 19.9 Å². The Bertz CT molecular complexity index is 1040. The van der Waals surface area contributed by atoms with Gasteiger partial charge in [-0.3, -0.25) is 23.9 Å². The van der Waals surface area contributed by atoms with Gasteiger partial charge in [0, 0.05) is 59.1 Å². The quantitative estimate of drug-likeness (QED) is 0.488. The molecule has 9 nitrogen and oxygen atoms in total. The number of ether oxygens (including phenoxy) is 1. The predicted octanol–water partition coefficient (Wildman–Crippen LogP) is 0.507. The smallest absolute Gasteiger partial charge is 0.261 e. The number of aromatic nitrogens is 2. The van der Waals surface area contributed by atoms with Crippen molar-refractivity contribution in [3.8, 4) is 0 Å². The van der Waals surface area contributed by atoms with Crippen molar-refractivity contribution >= 4 is 34.9 Å². The molecule has 30 heavy (non-hydrogen) atoms. The number of methoxy groups -OCH3 is 1. The molecule has 0 radical (unpaired) electrons. The lowest BCUT2D eigenvalue weighted by Crippen LogP contribution is -2.51. The van der Waals surface area contributed by atoms with E-state index < -0.39 is 0 Å². The van der Waals surface area contributed by atoms with Gasteiger partial charge in [-0.25, -0.2) is 0 Å². The summed E-state index contributed by atoms with van der Waals surface area (Å²) in [6.45, 7) is 3.89. The van der Waals surface area contributed by atoms with Crippen LogP contribution in [0.2, 0.25) is 0 Å². The van der Waals surface area contributed by atoms with E-state index in [4.69, 9.17) is 17.0 Å². The normalized spacial score (nSPS) is 14.8. The zero-order valence-electron chi connectivity index (χ0n) is 17.3. The summed E-state index contributed by atoms with van der Waals surface area (Å²) in [5, 5.41) is 3.36. The van der Waals surface area contributed by atoms with Gasteiger partial charge in [0.1, 0.15) is 0 Å². The first-order chi connectivity index (χ1) is 14.4. The van der Waals surface area contributed by atoms with E-state index in [2.05, 4.69) is 10.3 Å². The standard InChI is InChI=1S/C20H27N5O4S/c1-23-19(28)15-5-4-14(12-16(15)22-20(23)30)18(27)25-9-7-24(8-10-25)13-17(26)21-6-3-11-29-2/h4-5,12H,3,6-11,13H2,1-2H3,(H,21,26)(H,22,30). The molecule has 162 valence electrons. The molecule has 2 N–H and O–H groups in total. The molecule has 0 aliphatic carbocycles. The van der Waals surface area contributed by atoms with Crippen LogP contribution in [0.3, 0.4) is 0 Å². The van der Waals surface area contributed by atoms with E-state index in [1.165, 1.54) is 4.57 Å². The Morgan fingerprint density at radius 1 is 1.23 bits per heavy atom. The lowest BCUT2D eigenvalue weighted by molar-refractivity contribution is -0.122. The van der Waals surface area contributed by atoms with Crippen molar-refractivity contribution in [3.63, 3.8) is 0 Å². The number of carbonyl (C=O) groups excluding carboxylic acids is 2. The molecule has 0 unspecified atom stereocenters. The minimum atomic E-state index is -0.193. The topological polar surface area (TPSA) is 99.7 Å². The number of carbonyl (C=O) groups is 2. The molecule has 2 aromatic rings. The van der Waals surface area contributed by atoms with Crippen LogP contribution < -0.4 is 10.9 Å². The van der Waals surface area contributed by atoms with E-state index in [-0.39, 0.29) is 17.4 Å². The summed E-state index contributed by atoms with van der Waals surface area (Å²) in [5.74, 6) is -0.113. The van der Waals surface area contributed by atoms with Crippen molar-refractivity contribution in [3.05, 3.63) is 38.9 Å². The monoisotopic (exact) mass is 433 g/mol. The first kappa shape index (κ1) is 22.1. The summed E-state index contributed by atoms with van der Waals surface area (Å²) in [7, 11) is 3.25. The van der Waals surface area contributed by atoms with Gasteiger partial charge in [0.05, 0.1) is 17.4 Å². The summed E-state index contributed by atoms with van der Waals surface area (Å²) in [6.07, 6.45) is 0.784. The van der Waals surface area contributed by atoms with E-state index in [1.807, 2.05) is 4.90 Å². The van der Waals surface area contributed by atoms with Crippen LogP contribution in [0.15, 0.2) is 23.0 Å². The van der Waals surface area contributed by atoms with Gasteiger partial charge in [0.15, 0.2) is 4.77 Å². The first-order valence-corrected chi connectivity index (χ1v) is 10.3. The van der Waals surface area contributed by atoms with Gasteiger partial charge in [-0.2, -0.15) is 0 Å². The van der Waals surface area contributed by atoms with Crippen LogP contribution in [0.4, 0.5) is 0 Å². The summed E-state index contributed by atoms with van der Waals surface area (Å²) in [6, 6.07) is 5.00. The molecule has 1 aromatic heterocycles. The van der Waals surface area contributed by atoms with Gasteiger partial charge in [-0.15, -0.1) is 0 Å². The van der Waals surface area contributed by atoms with Crippen LogP contribution in [-0.2, 0) is 16.6 Å². The second-order valence-electron chi connectivity index (χ2n) is 7.32. The Hall–Kier alpha value is -2.56. The minimum Gasteiger partial charge on any atom is -0.385 e. The third-order valence-corrected chi connectivity index (χ3v) is 5.60. The molecule has 2 amide bonds. The van der Waals surface area contributed by atoms with E-state index >= 15 is 0 Å². The Kier molecular flexibility index (Phi) is 7.35. The number of nitrogens with zero attached hydrogens (tertiary/aromatic N) is 3. The number of hydrogen-bond acceptors (Lipinski definition) is 6. The maximum atomic E-state index is 12.9. The zero-order valence-corrected chi connectivity index (χ0v) is 18.1. The average molecular weight is 434 g/mol. The second-order valence-corrected chi connectivity index (χ2v) is 7.71. The van der Waals surface area contributed by atoms with Crippen molar-refractivity contribution in [2.45, 2.75) is 6.42 Å². The molecule has 1 aliphatic rings. The van der Waals surface area contributed by atoms with Gasteiger partial charge >= 0.3 is 0 Å². The Balaban J connectivity index is 1.57. The van der Waals surface area contributed by atoms with E-state index in [0.717, 1.165) is 6.42 Å². The molecule has 1 fully saturated rings. The molecular formula is C20H27N5O4S. The van der Waals surface area contributed by atoms with Crippen LogP contribution in [0.1, 0.15) is 16.8 Å². The lowest BCUT2D eigenvalue weighted by Gasteiger charge is -2.34. The number of hydrogen-bond donors (Lipinski definition) is 2. The molecule has 0 bridgehead atoms. The molecule has 10 heteroatoms. The number of amides is 2. The fourth-order valence-electron chi connectivity index (χ4n) is 3.43. The SMILES string of the molecule is COCCCNC(=O)CN1CCN(C(=O)c2ccc3c(=O)n(C)c(=S)[nH]c3c2)CC1. The van der Waals surface area contributed by atoms with Gasteiger partial charge in [-0.05, 0) is 36.8 Å². The molecule has 1 aliphatic heterocycles. The number of benzene rings is 1. The first-order valence-electron chi connectivity index (χ1n) is 9.91. The van der Waals surface area contributed by atoms with Gasteiger partial charge in [0.2, 0.25) is 5.91 Å². The molecule has 2 heterocycles. The molecule has 3 rings (SSSR count). The van der Waals surface area contributed by atoms with Crippen molar-refractivity contribution in [2.24, 2.45) is 7.05 Å². The van der Waals surface area contributed by atoms with Crippen LogP contribution in [0.5, 0.6) is 0 Å². The number of fused-ring (bicyclic) bond motifs is 1. The average Bonchev–Trinajstić information content (AvgIpc) is 2.75. The van der Waals surface area contributed by atoms with Crippen molar-refractivity contribution in [2.75, 3.05) is 53.0 Å². The maximum Gasteiger partial charge on any atom is 0.261 e. The Morgan fingerprint density at radius 2 is 1.97 bits per heavy atom. The highest BCUT2D eigenvalue weighted by Crippen LogP contribution is 2.14. The fraction of sp³-hybridized carbons (Fsp3) is 0.500. The Labute approximate surface area is 179 Å². The van der Waals surface area contributed by atoms with Crippen LogP contribution in [0.25, 0.3) is 10.9 Å². The molecular weight excluding hydrogens is 406 g/mol. The summed E-state index contributed by atoms with van der Waals surface area (Å²) < 4.78 is 6.64. The fourth-order valence-corrected chi connectivity index (χ4v) is 3.63. The van der Waals surface area contributed by atoms with Crippen molar-refractivity contribution in [1.82, 2.24) is 24.7 Å². The van der Waals surface area contributed by atoms with Crippen molar-refractivity contribution in [1.29, 1.82) is 0 Å². The largest absolute Gasteiger partial charge is 0.385 e. The molecule has 1 saturated heterocycles. The highest BCUT2D eigenvalue weighted by molar-refractivity contribution is 7.71. The predicted molar refractivity (Wildman–Crippen MR) is 116 cm³/mol. The minimum absolute atomic E-state index is 0.0164. The number of piperazine rings is 1. The van der Waals surface area contributed by atoms with Gasteiger partial charge in [0.25, 0.3) is 11.5 Å². The van der Waals surface area contributed by atoms with E-state index in [0.29, 0.717) is 67.1 Å².